The van der Waals surface area contributed by atoms with Crippen LogP contribution >= 0.6 is 27.5 Å². The van der Waals surface area contributed by atoms with Gasteiger partial charge < -0.3 is 9.73 Å². The summed E-state index contributed by atoms with van der Waals surface area (Å²) in [5, 5.41) is 11.7. The molecule has 160 valence electrons. The van der Waals surface area contributed by atoms with E-state index >= 15 is 0 Å². The van der Waals surface area contributed by atoms with Crippen molar-refractivity contribution in [3.63, 3.8) is 0 Å². The van der Waals surface area contributed by atoms with Gasteiger partial charge in [-0.05, 0) is 54.0 Å². The fourth-order valence-electron chi connectivity index (χ4n) is 3.10. The number of nitrogens with one attached hydrogen (secondary N) is 1. The van der Waals surface area contributed by atoms with Crippen molar-refractivity contribution >= 4 is 39.3 Å². The molecule has 4 aromatic rings. The molecule has 3 heterocycles. The number of hydrogen-bond acceptors (Lipinski definition) is 4. The summed E-state index contributed by atoms with van der Waals surface area (Å²) in [6, 6.07) is 9.45. The van der Waals surface area contributed by atoms with Crippen LogP contribution in [0.1, 0.15) is 33.3 Å². The smallest absolute Gasteiger partial charge is 0.292 e. The maximum atomic E-state index is 14.0. The molecule has 0 saturated heterocycles. The first kappa shape index (κ1) is 21.3. The summed E-state index contributed by atoms with van der Waals surface area (Å²) in [4.78, 5) is 12.5. The largest absolute Gasteiger partial charge is 0.454 e. The zero-order valence-electron chi connectivity index (χ0n) is 16.7. The fraction of sp³-hybridized carbons (Fsp3) is 0.190. The minimum Gasteiger partial charge on any atom is -0.454 e. The van der Waals surface area contributed by atoms with Gasteiger partial charge in [-0.3, -0.25) is 14.2 Å². The summed E-state index contributed by atoms with van der Waals surface area (Å²) in [5.41, 5.74) is 2.19. The number of rotatable bonds is 6. The molecule has 3 aromatic heterocycles. The number of furan rings is 1. The molecule has 0 bridgehead atoms. The molecule has 0 saturated carbocycles. The number of anilines is 1. The van der Waals surface area contributed by atoms with E-state index in [2.05, 4.69) is 31.4 Å². The fourth-order valence-corrected chi connectivity index (χ4v) is 3.61. The molecule has 1 amide bonds. The molecule has 0 aliphatic carbocycles. The van der Waals surface area contributed by atoms with Crippen LogP contribution in [0.3, 0.4) is 0 Å². The van der Waals surface area contributed by atoms with E-state index < -0.39 is 11.7 Å². The molecular formula is C21H18BrClFN5O2. The van der Waals surface area contributed by atoms with Crippen LogP contribution in [-0.4, -0.2) is 25.5 Å². The topological polar surface area (TPSA) is 77.9 Å². The first-order chi connectivity index (χ1) is 14.8. The Hall–Kier alpha value is -2.91. The molecule has 0 fully saturated rings. The summed E-state index contributed by atoms with van der Waals surface area (Å²) >= 11 is 9.55. The molecule has 1 N–H and O–H groups in total. The predicted molar refractivity (Wildman–Crippen MR) is 118 cm³/mol. The highest BCUT2D eigenvalue weighted by Crippen LogP contribution is 2.22. The molecular weight excluding hydrogens is 489 g/mol. The Bertz CT molecular complexity index is 1240. The van der Waals surface area contributed by atoms with Crippen LogP contribution in [0.2, 0.25) is 5.02 Å². The van der Waals surface area contributed by atoms with Gasteiger partial charge in [0.2, 0.25) is 0 Å². The third-order valence-electron chi connectivity index (χ3n) is 4.75. The number of nitrogens with zero attached hydrogens (tertiary/aromatic N) is 4. The molecule has 7 nitrogen and oxygen atoms in total. The SMILES string of the molecule is Cc1nn(Cc2ccc(C(=O)Nc3ccn(Cc4c(F)cccc4Cl)n3)o2)c(C)c1Br. The van der Waals surface area contributed by atoms with Crippen LogP contribution in [0.4, 0.5) is 10.2 Å². The van der Waals surface area contributed by atoms with Crippen molar-refractivity contribution in [2.45, 2.75) is 26.9 Å². The van der Waals surface area contributed by atoms with Gasteiger partial charge in [-0.1, -0.05) is 17.7 Å². The van der Waals surface area contributed by atoms with Crippen molar-refractivity contribution in [3.05, 3.63) is 86.4 Å². The Morgan fingerprint density at radius 2 is 2.00 bits per heavy atom. The van der Waals surface area contributed by atoms with Crippen molar-refractivity contribution in [3.8, 4) is 0 Å². The van der Waals surface area contributed by atoms with Crippen molar-refractivity contribution < 1.29 is 13.6 Å². The number of carbonyl (C=O) groups is 1. The summed E-state index contributed by atoms with van der Waals surface area (Å²) in [5.74, 6) is 0.226. The highest BCUT2D eigenvalue weighted by atomic mass is 79.9. The van der Waals surface area contributed by atoms with E-state index in [4.69, 9.17) is 16.0 Å². The van der Waals surface area contributed by atoms with Gasteiger partial charge in [0.15, 0.2) is 11.6 Å². The molecule has 4 rings (SSSR count). The van der Waals surface area contributed by atoms with E-state index in [1.54, 1.807) is 41.2 Å². The highest BCUT2D eigenvalue weighted by molar-refractivity contribution is 9.10. The number of carbonyl (C=O) groups excluding carboxylic acids is 1. The number of aryl methyl sites for hydroxylation is 1. The molecule has 0 aliphatic heterocycles. The highest BCUT2D eigenvalue weighted by Gasteiger charge is 2.16. The number of amides is 1. The lowest BCUT2D eigenvalue weighted by atomic mass is 10.2. The minimum absolute atomic E-state index is 0.143. The lowest BCUT2D eigenvalue weighted by molar-refractivity contribution is 0.0994. The zero-order chi connectivity index (χ0) is 22.1. The van der Waals surface area contributed by atoms with Gasteiger partial charge in [0.25, 0.3) is 5.91 Å². The summed E-state index contributed by atoms with van der Waals surface area (Å²) in [6.07, 6.45) is 1.63. The van der Waals surface area contributed by atoms with E-state index in [0.717, 1.165) is 15.9 Å². The molecule has 1 aromatic carbocycles. The Labute approximate surface area is 190 Å². The lowest BCUT2D eigenvalue weighted by Gasteiger charge is -2.06. The van der Waals surface area contributed by atoms with Crippen LogP contribution in [0, 0.1) is 19.7 Å². The molecule has 10 heteroatoms. The van der Waals surface area contributed by atoms with Crippen molar-refractivity contribution in [2.75, 3.05) is 5.32 Å². The number of benzene rings is 1. The normalized spacial score (nSPS) is 11.1. The standard InChI is InChI=1S/C21H18BrClFN5O2/c1-12-20(22)13(2)29(26-12)10-14-6-7-18(31-14)21(30)25-19-8-9-28(27-19)11-15-16(23)4-3-5-17(15)24/h3-9H,10-11H2,1-2H3,(H,25,27,30). The average molecular weight is 507 g/mol. The van der Waals surface area contributed by atoms with Gasteiger partial charge in [-0.2, -0.15) is 10.2 Å². The Morgan fingerprint density at radius 1 is 1.19 bits per heavy atom. The number of aromatic nitrogens is 4. The van der Waals surface area contributed by atoms with Gasteiger partial charge in [0.05, 0.1) is 29.0 Å². The summed E-state index contributed by atoms with van der Waals surface area (Å²) in [6.45, 7) is 4.41. The molecule has 0 spiro atoms. The lowest BCUT2D eigenvalue weighted by Crippen LogP contribution is -2.12. The van der Waals surface area contributed by atoms with Gasteiger partial charge in [-0.25, -0.2) is 4.39 Å². The molecule has 31 heavy (non-hydrogen) atoms. The van der Waals surface area contributed by atoms with Crippen molar-refractivity contribution in [1.82, 2.24) is 19.6 Å². The molecule has 0 atom stereocenters. The predicted octanol–water partition coefficient (Wildman–Crippen LogP) is 5.19. The van der Waals surface area contributed by atoms with E-state index in [9.17, 15) is 9.18 Å². The number of halogens is 3. The summed E-state index contributed by atoms with van der Waals surface area (Å²) < 4.78 is 23.9. The first-order valence-corrected chi connectivity index (χ1v) is 10.5. The van der Waals surface area contributed by atoms with E-state index in [1.807, 2.05) is 13.8 Å². The van der Waals surface area contributed by atoms with Gasteiger partial charge >= 0.3 is 0 Å². The Balaban J connectivity index is 1.42. The molecule has 0 unspecified atom stereocenters. The monoisotopic (exact) mass is 505 g/mol. The maximum Gasteiger partial charge on any atom is 0.292 e. The molecule has 0 aliphatic rings. The van der Waals surface area contributed by atoms with Crippen LogP contribution in [0.25, 0.3) is 0 Å². The Morgan fingerprint density at radius 3 is 2.71 bits per heavy atom. The second-order valence-corrected chi connectivity index (χ2v) is 8.16. The van der Waals surface area contributed by atoms with Crippen molar-refractivity contribution in [1.29, 1.82) is 0 Å². The third kappa shape index (κ3) is 4.57. The number of hydrogen-bond donors (Lipinski definition) is 1. The summed E-state index contributed by atoms with van der Waals surface area (Å²) in [7, 11) is 0. The van der Waals surface area contributed by atoms with Gasteiger partial charge in [0, 0.05) is 22.8 Å². The van der Waals surface area contributed by atoms with Crippen LogP contribution in [-0.2, 0) is 13.1 Å². The quantitative estimate of drug-likeness (QED) is 0.390. The Kier molecular flexibility index (Phi) is 5.97. The minimum atomic E-state index is -0.435. The maximum absolute atomic E-state index is 14.0. The van der Waals surface area contributed by atoms with Gasteiger partial charge in [0.1, 0.15) is 11.6 Å². The third-order valence-corrected chi connectivity index (χ3v) is 6.25. The first-order valence-electron chi connectivity index (χ1n) is 9.37. The van der Waals surface area contributed by atoms with Crippen LogP contribution in [0.5, 0.6) is 0 Å². The second kappa shape index (κ2) is 8.68. The van der Waals surface area contributed by atoms with Gasteiger partial charge in [-0.15, -0.1) is 0 Å². The average Bonchev–Trinajstić information content (AvgIpc) is 3.43. The van der Waals surface area contributed by atoms with E-state index in [1.165, 1.54) is 10.7 Å². The van der Waals surface area contributed by atoms with Crippen molar-refractivity contribution in [2.24, 2.45) is 0 Å². The van der Waals surface area contributed by atoms with E-state index in [0.29, 0.717) is 28.7 Å². The molecule has 0 radical (unpaired) electrons. The zero-order valence-corrected chi connectivity index (χ0v) is 19.0. The second-order valence-electron chi connectivity index (χ2n) is 6.96. The van der Waals surface area contributed by atoms with E-state index in [-0.39, 0.29) is 12.3 Å². The van der Waals surface area contributed by atoms with Crippen LogP contribution < -0.4 is 5.32 Å². The van der Waals surface area contributed by atoms with Crippen LogP contribution in [0.15, 0.2) is 51.5 Å².